The van der Waals surface area contributed by atoms with Gasteiger partial charge in [-0.1, -0.05) is 48.5 Å². The molecule has 9 rings (SSSR count). The first-order valence-electron chi connectivity index (χ1n) is 17.3. The molecule has 0 saturated carbocycles. The van der Waals surface area contributed by atoms with E-state index in [2.05, 4.69) is 9.97 Å². The van der Waals surface area contributed by atoms with Crippen molar-refractivity contribution < 1.29 is 40.9 Å². The molecule has 12 heteroatoms. The molecule has 2 aliphatic rings. The average Bonchev–Trinajstić information content (AvgIpc) is 4.03. The summed E-state index contributed by atoms with van der Waals surface area (Å²) in [5, 5.41) is 87.3. The highest BCUT2D eigenvalue weighted by atomic mass is 16.3. The Hall–Kier alpha value is -8.12. The molecular formula is C44H30N4O8. The van der Waals surface area contributed by atoms with Crippen LogP contribution >= 0.6 is 0 Å². The molecule has 2 aliphatic heterocycles. The van der Waals surface area contributed by atoms with E-state index in [1.807, 2.05) is 0 Å². The molecule has 0 fully saturated rings. The monoisotopic (exact) mass is 742 g/mol. The van der Waals surface area contributed by atoms with Crippen LogP contribution in [-0.2, 0) is 0 Å². The second kappa shape index (κ2) is 12.8. The first-order valence-corrected chi connectivity index (χ1v) is 17.3. The van der Waals surface area contributed by atoms with Crippen LogP contribution in [0.15, 0.2) is 97.1 Å². The maximum Gasteiger partial charge on any atom is 0.165 e. The van der Waals surface area contributed by atoms with Crippen molar-refractivity contribution in [1.29, 1.82) is 0 Å². The third kappa shape index (κ3) is 5.31. The summed E-state index contributed by atoms with van der Waals surface area (Å²) in [6.45, 7) is 0. The van der Waals surface area contributed by atoms with Gasteiger partial charge in [-0.25, -0.2) is 9.97 Å². The van der Waals surface area contributed by atoms with Crippen molar-refractivity contribution in [2.75, 3.05) is 0 Å². The molecule has 0 atom stereocenters. The Balaban J connectivity index is 1.52. The molecule has 8 bridgehead atoms. The Morgan fingerprint density at radius 2 is 0.536 bits per heavy atom. The minimum atomic E-state index is -0.392. The molecule has 0 saturated heterocycles. The van der Waals surface area contributed by atoms with Crippen LogP contribution in [0.3, 0.4) is 0 Å². The summed E-state index contributed by atoms with van der Waals surface area (Å²) >= 11 is 0. The van der Waals surface area contributed by atoms with Crippen molar-refractivity contribution in [1.82, 2.24) is 19.9 Å². The van der Waals surface area contributed by atoms with E-state index in [9.17, 15) is 40.9 Å². The number of aromatic amines is 2. The molecule has 0 unspecified atom stereocenters. The van der Waals surface area contributed by atoms with E-state index >= 15 is 0 Å². The minimum absolute atomic E-state index is 0.244. The number of nitrogens with zero attached hydrogens (tertiary/aromatic N) is 2. The number of H-pyrrole nitrogens is 2. The summed E-state index contributed by atoms with van der Waals surface area (Å²) in [5.41, 5.74) is 5.76. The zero-order valence-corrected chi connectivity index (χ0v) is 29.0. The molecule has 10 N–H and O–H groups in total. The standard InChI is InChI=1S/C44H30N4O8/c49-33-9-1-5-21(41(33)53)37-25-13-15-27(45-25)38(22-6-2-10-34(50)42(22)54)29-17-19-31(47-29)40(24-8-4-12-36(52)44(24)56)32-20-18-30(48-32)39(28-16-14-26(37)46-28)23-7-3-11-35(51)43(23)55/h1-20,45,48-56H. The Kier molecular flexibility index (Phi) is 7.69. The first kappa shape index (κ1) is 33.7. The number of fused-ring (bicyclic) bond motifs is 8. The summed E-state index contributed by atoms with van der Waals surface area (Å²) in [7, 11) is 0. The molecule has 274 valence electrons. The van der Waals surface area contributed by atoms with Crippen LogP contribution in [-0.4, -0.2) is 60.8 Å². The number of rotatable bonds is 4. The summed E-state index contributed by atoms with van der Waals surface area (Å²) in [6, 6.07) is 25.3. The fourth-order valence-corrected chi connectivity index (χ4v) is 7.27. The summed E-state index contributed by atoms with van der Waals surface area (Å²) in [5.74, 6) is -2.99. The SMILES string of the molecule is Oc1cccc(-c2c3nc(c(-c4cccc(O)c4O)c4ccc([nH]4)c(-c4cccc(O)c4O)c4nc(c(-c5cccc(O)c5O)c5ccc2[nH]5)C=C4)C=C3)c1O. The minimum Gasteiger partial charge on any atom is -0.504 e. The zero-order valence-electron chi connectivity index (χ0n) is 29.0. The molecule has 0 radical (unpaired) electrons. The van der Waals surface area contributed by atoms with Crippen molar-refractivity contribution in [3.05, 3.63) is 120 Å². The number of phenols is 8. The Morgan fingerprint density at radius 3 is 0.768 bits per heavy atom. The highest BCUT2D eigenvalue weighted by molar-refractivity contribution is 6.02. The van der Waals surface area contributed by atoms with E-state index in [1.54, 1.807) is 97.1 Å². The number of aromatic hydroxyl groups is 8. The van der Waals surface area contributed by atoms with Crippen molar-refractivity contribution in [2.24, 2.45) is 0 Å². The third-order valence-electron chi connectivity index (χ3n) is 9.89. The lowest BCUT2D eigenvalue weighted by atomic mass is 10.0. The molecule has 0 aliphatic carbocycles. The molecule has 56 heavy (non-hydrogen) atoms. The van der Waals surface area contributed by atoms with Gasteiger partial charge in [0.25, 0.3) is 0 Å². The van der Waals surface area contributed by atoms with E-state index < -0.39 is 23.0 Å². The van der Waals surface area contributed by atoms with Crippen LogP contribution < -0.4 is 0 Å². The highest BCUT2D eigenvalue weighted by Gasteiger charge is 2.23. The van der Waals surface area contributed by atoms with Crippen LogP contribution in [0.5, 0.6) is 46.0 Å². The fraction of sp³-hybridized carbons (Fsp3) is 0. The van der Waals surface area contributed by atoms with Crippen molar-refractivity contribution >= 4 is 46.4 Å². The molecule has 7 aromatic rings. The second-order valence-corrected chi connectivity index (χ2v) is 13.2. The number of phenolic OH excluding ortho intramolecular Hbond substituents is 8. The summed E-state index contributed by atoms with van der Waals surface area (Å²) < 4.78 is 0. The van der Waals surface area contributed by atoms with Crippen molar-refractivity contribution in [3.63, 3.8) is 0 Å². The van der Waals surface area contributed by atoms with Crippen LogP contribution in [0.2, 0.25) is 0 Å². The third-order valence-corrected chi connectivity index (χ3v) is 9.89. The van der Waals surface area contributed by atoms with E-state index in [-0.39, 0.29) is 45.3 Å². The van der Waals surface area contributed by atoms with Gasteiger partial charge in [0.2, 0.25) is 0 Å². The van der Waals surface area contributed by atoms with Crippen LogP contribution in [0.4, 0.5) is 0 Å². The molecule has 0 amide bonds. The van der Waals surface area contributed by atoms with Gasteiger partial charge in [-0.3, -0.25) is 0 Å². The molecular weight excluding hydrogens is 713 g/mol. The Morgan fingerprint density at radius 1 is 0.304 bits per heavy atom. The van der Waals surface area contributed by atoms with Gasteiger partial charge in [0.15, 0.2) is 46.0 Å². The Bertz CT molecular complexity index is 2640. The van der Waals surface area contributed by atoms with Gasteiger partial charge in [0.05, 0.1) is 22.8 Å². The lowest BCUT2D eigenvalue weighted by Gasteiger charge is -2.10. The quantitative estimate of drug-likeness (QED) is 0.0771. The van der Waals surface area contributed by atoms with Gasteiger partial charge < -0.3 is 50.8 Å². The topological polar surface area (TPSA) is 219 Å². The highest BCUT2D eigenvalue weighted by Crippen LogP contribution is 2.46. The van der Waals surface area contributed by atoms with Gasteiger partial charge in [-0.05, 0) is 72.8 Å². The molecule has 0 spiro atoms. The van der Waals surface area contributed by atoms with E-state index in [0.29, 0.717) is 67.1 Å². The molecule has 12 nitrogen and oxygen atoms in total. The average molecular weight is 743 g/mol. The van der Waals surface area contributed by atoms with Crippen molar-refractivity contribution in [3.8, 4) is 90.5 Å². The predicted octanol–water partition coefficient (Wildman–Crippen LogP) is 8.97. The van der Waals surface area contributed by atoms with Gasteiger partial charge in [0, 0.05) is 66.6 Å². The number of hydrogen-bond donors (Lipinski definition) is 10. The molecule has 4 aromatic carbocycles. The number of nitrogens with one attached hydrogen (secondary N) is 2. The number of hydrogen-bond acceptors (Lipinski definition) is 10. The number of para-hydroxylation sites is 4. The van der Waals surface area contributed by atoms with E-state index in [1.165, 1.54) is 24.3 Å². The maximum atomic E-state index is 11.2. The zero-order chi connectivity index (χ0) is 38.8. The molecule has 3 aromatic heterocycles. The lowest BCUT2D eigenvalue weighted by molar-refractivity contribution is 0.405. The van der Waals surface area contributed by atoms with Gasteiger partial charge in [-0.15, -0.1) is 0 Å². The second-order valence-electron chi connectivity index (χ2n) is 13.2. The summed E-state index contributed by atoms with van der Waals surface area (Å²) in [4.78, 5) is 16.8. The van der Waals surface area contributed by atoms with Crippen LogP contribution in [0, 0.1) is 0 Å². The first-order chi connectivity index (χ1) is 27.1. The van der Waals surface area contributed by atoms with Crippen LogP contribution in [0.1, 0.15) is 22.8 Å². The van der Waals surface area contributed by atoms with Gasteiger partial charge >= 0.3 is 0 Å². The normalized spacial score (nSPS) is 12.0. The van der Waals surface area contributed by atoms with E-state index in [0.717, 1.165) is 0 Å². The lowest BCUT2D eigenvalue weighted by Crippen LogP contribution is -1.91. The van der Waals surface area contributed by atoms with Gasteiger partial charge in [-0.2, -0.15) is 0 Å². The fourth-order valence-electron chi connectivity index (χ4n) is 7.27. The maximum absolute atomic E-state index is 11.2. The summed E-state index contributed by atoms with van der Waals surface area (Å²) in [6.07, 6.45) is 6.87. The Labute approximate surface area is 316 Å². The smallest absolute Gasteiger partial charge is 0.165 e. The van der Waals surface area contributed by atoms with Gasteiger partial charge in [0.1, 0.15) is 0 Å². The number of benzene rings is 4. The largest absolute Gasteiger partial charge is 0.504 e. The molecule has 5 heterocycles. The van der Waals surface area contributed by atoms with Crippen molar-refractivity contribution in [2.45, 2.75) is 0 Å². The number of aromatic nitrogens is 4. The van der Waals surface area contributed by atoms with Crippen LogP contribution in [0.25, 0.3) is 90.9 Å². The predicted molar refractivity (Wildman–Crippen MR) is 214 cm³/mol. The van der Waals surface area contributed by atoms with E-state index in [4.69, 9.17) is 9.97 Å².